The topological polar surface area (TPSA) is 0 Å². The van der Waals surface area contributed by atoms with E-state index in [1.807, 2.05) is 32.1 Å². The number of benzene rings is 1. The first-order chi connectivity index (χ1) is 7.22. The Balaban J connectivity index is 0.000000921. The van der Waals surface area contributed by atoms with Gasteiger partial charge in [-0.1, -0.05) is 50.6 Å². The van der Waals surface area contributed by atoms with Crippen LogP contribution in [0.3, 0.4) is 0 Å². The SMILES string of the molecule is C=CCC(C)Cc1ccc(Cl)cc1.CC. The summed E-state index contributed by atoms with van der Waals surface area (Å²) in [6.07, 6.45) is 4.15. The molecule has 0 nitrogen and oxygen atoms in total. The van der Waals surface area contributed by atoms with Crippen LogP contribution >= 0.6 is 11.6 Å². The minimum atomic E-state index is 0.665. The van der Waals surface area contributed by atoms with Crippen molar-refractivity contribution in [1.82, 2.24) is 0 Å². The van der Waals surface area contributed by atoms with Crippen LogP contribution in [0.1, 0.15) is 32.8 Å². The predicted molar refractivity (Wildman–Crippen MR) is 70.5 cm³/mol. The average molecular weight is 225 g/mol. The van der Waals surface area contributed by atoms with Crippen LogP contribution in [0.2, 0.25) is 5.02 Å². The van der Waals surface area contributed by atoms with Crippen LogP contribution in [0.15, 0.2) is 36.9 Å². The summed E-state index contributed by atoms with van der Waals surface area (Å²) < 4.78 is 0. The van der Waals surface area contributed by atoms with Gasteiger partial charge in [0.15, 0.2) is 0 Å². The molecule has 0 aliphatic carbocycles. The number of halogens is 1. The number of allylic oxidation sites excluding steroid dienone is 1. The Morgan fingerprint density at radius 3 is 2.27 bits per heavy atom. The molecule has 1 atom stereocenters. The van der Waals surface area contributed by atoms with Crippen molar-refractivity contribution in [2.24, 2.45) is 5.92 Å². The molecule has 0 aliphatic rings. The third-order valence-electron chi connectivity index (χ3n) is 2.07. The van der Waals surface area contributed by atoms with E-state index in [0.717, 1.165) is 17.9 Å². The van der Waals surface area contributed by atoms with Gasteiger partial charge in [-0.15, -0.1) is 6.58 Å². The van der Waals surface area contributed by atoms with Gasteiger partial charge in [-0.25, -0.2) is 0 Å². The van der Waals surface area contributed by atoms with Crippen LogP contribution in [-0.2, 0) is 6.42 Å². The standard InChI is InChI=1S/C12H15Cl.C2H6/c1-3-4-10(2)9-11-5-7-12(13)8-6-11;1-2/h3,5-8,10H,1,4,9H2,2H3;1-2H3. The fourth-order valence-corrected chi connectivity index (χ4v) is 1.52. The summed E-state index contributed by atoms with van der Waals surface area (Å²) in [6.45, 7) is 9.97. The van der Waals surface area contributed by atoms with Crippen molar-refractivity contribution in [2.75, 3.05) is 0 Å². The number of hydrogen-bond donors (Lipinski definition) is 0. The lowest BCUT2D eigenvalue weighted by Gasteiger charge is -2.08. The van der Waals surface area contributed by atoms with E-state index in [-0.39, 0.29) is 0 Å². The van der Waals surface area contributed by atoms with E-state index < -0.39 is 0 Å². The molecule has 0 N–H and O–H groups in total. The molecule has 0 aromatic heterocycles. The molecule has 1 aromatic carbocycles. The van der Waals surface area contributed by atoms with Crippen molar-refractivity contribution in [1.29, 1.82) is 0 Å². The molecule has 1 rings (SSSR count). The first-order valence-electron chi connectivity index (χ1n) is 5.57. The lowest BCUT2D eigenvalue weighted by molar-refractivity contribution is 0.590. The fraction of sp³-hybridized carbons (Fsp3) is 0.429. The molecule has 0 saturated carbocycles. The second-order valence-corrected chi connectivity index (χ2v) is 3.90. The van der Waals surface area contributed by atoms with Crippen LogP contribution < -0.4 is 0 Å². The minimum absolute atomic E-state index is 0.665. The molecule has 0 saturated heterocycles. The van der Waals surface area contributed by atoms with Gasteiger partial charge < -0.3 is 0 Å². The summed E-state index contributed by atoms with van der Waals surface area (Å²) in [6, 6.07) is 8.05. The number of rotatable bonds is 4. The summed E-state index contributed by atoms with van der Waals surface area (Å²) in [5, 5.41) is 0.806. The zero-order valence-corrected chi connectivity index (χ0v) is 10.7. The molecule has 1 unspecified atom stereocenters. The molecule has 0 fully saturated rings. The normalized spacial score (nSPS) is 11.2. The molecular weight excluding hydrogens is 204 g/mol. The van der Waals surface area contributed by atoms with E-state index in [4.69, 9.17) is 11.6 Å². The Bertz CT molecular complexity index is 261. The molecule has 0 heterocycles. The Morgan fingerprint density at radius 2 is 1.80 bits per heavy atom. The van der Waals surface area contributed by atoms with Gasteiger partial charge in [-0.3, -0.25) is 0 Å². The van der Waals surface area contributed by atoms with E-state index >= 15 is 0 Å². The second-order valence-electron chi connectivity index (χ2n) is 3.46. The maximum Gasteiger partial charge on any atom is 0.0406 e. The zero-order chi connectivity index (χ0) is 11.7. The largest absolute Gasteiger partial charge is 0.103 e. The maximum atomic E-state index is 5.79. The molecule has 1 aromatic rings. The van der Waals surface area contributed by atoms with E-state index in [1.165, 1.54) is 5.56 Å². The minimum Gasteiger partial charge on any atom is -0.103 e. The van der Waals surface area contributed by atoms with Crippen molar-refractivity contribution in [3.63, 3.8) is 0 Å². The Labute approximate surface area is 99.0 Å². The first kappa shape index (κ1) is 14.2. The third kappa shape index (κ3) is 6.35. The summed E-state index contributed by atoms with van der Waals surface area (Å²) in [7, 11) is 0. The molecule has 0 spiro atoms. The number of hydrogen-bond acceptors (Lipinski definition) is 0. The van der Waals surface area contributed by atoms with Crippen molar-refractivity contribution in [3.05, 3.63) is 47.5 Å². The average Bonchev–Trinajstić information content (AvgIpc) is 2.25. The van der Waals surface area contributed by atoms with Gasteiger partial charge in [-0.05, 0) is 36.5 Å². The lowest BCUT2D eigenvalue weighted by Crippen LogP contribution is -1.97. The molecule has 84 valence electrons. The summed E-state index contributed by atoms with van der Waals surface area (Å²) in [5.74, 6) is 0.665. The van der Waals surface area contributed by atoms with Crippen molar-refractivity contribution >= 4 is 11.6 Å². The van der Waals surface area contributed by atoms with Gasteiger partial charge in [0.2, 0.25) is 0 Å². The Morgan fingerprint density at radius 1 is 1.27 bits per heavy atom. The summed E-state index contributed by atoms with van der Waals surface area (Å²) in [4.78, 5) is 0. The van der Waals surface area contributed by atoms with Gasteiger partial charge in [0, 0.05) is 5.02 Å². The van der Waals surface area contributed by atoms with E-state index in [2.05, 4.69) is 25.6 Å². The van der Waals surface area contributed by atoms with Crippen LogP contribution in [0.4, 0.5) is 0 Å². The zero-order valence-electron chi connectivity index (χ0n) is 9.96. The molecule has 15 heavy (non-hydrogen) atoms. The molecule has 0 aliphatic heterocycles. The van der Waals surface area contributed by atoms with Gasteiger partial charge in [0.1, 0.15) is 0 Å². The van der Waals surface area contributed by atoms with Crippen LogP contribution in [0.5, 0.6) is 0 Å². The monoisotopic (exact) mass is 224 g/mol. The van der Waals surface area contributed by atoms with E-state index in [0.29, 0.717) is 5.92 Å². The van der Waals surface area contributed by atoms with Gasteiger partial charge in [0.25, 0.3) is 0 Å². The van der Waals surface area contributed by atoms with E-state index in [9.17, 15) is 0 Å². The summed E-state index contributed by atoms with van der Waals surface area (Å²) >= 11 is 5.79. The smallest absolute Gasteiger partial charge is 0.0406 e. The molecular formula is C14H21Cl. The highest BCUT2D eigenvalue weighted by Gasteiger charge is 2.00. The van der Waals surface area contributed by atoms with Crippen molar-refractivity contribution < 1.29 is 0 Å². The van der Waals surface area contributed by atoms with Crippen LogP contribution in [0.25, 0.3) is 0 Å². The quantitative estimate of drug-likeness (QED) is 0.623. The van der Waals surface area contributed by atoms with Crippen LogP contribution in [0, 0.1) is 5.92 Å². The molecule has 0 radical (unpaired) electrons. The maximum absolute atomic E-state index is 5.79. The highest BCUT2D eigenvalue weighted by Crippen LogP contribution is 2.15. The predicted octanol–water partition coefficient (Wildman–Crippen LogP) is 5.12. The lowest BCUT2D eigenvalue weighted by atomic mass is 9.98. The molecule has 0 amide bonds. The first-order valence-corrected chi connectivity index (χ1v) is 5.95. The highest BCUT2D eigenvalue weighted by atomic mass is 35.5. The Hall–Kier alpha value is -0.750. The van der Waals surface area contributed by atoms with Crippen LogP contribution in [-0.4, -0.2) is 0 Å². The van der Waals surface area contributed by atoms with Gasteiger partial charge in [-0.2, -0.15) is 0 Å². The highest BCUT2D eigenvalue weighted by molar-refractivity contribution is 6.30. The molecule has 1 heteroatoms. The van der Waals surface area contributed by atoms with Crippen molar-refractivity contribution in [3.8, 4) is 0 Å². The third-order valence-corrected chi connectivity index (χ3v) is 2.32. The molecule has 0 bridgehead atoms. The van der Waals surface area contributed by atoms with Gasteiger partial charge >= 0.3 is 0 Å². The summed E-state index contributed by atoms with van der Waals surface area (Å²) in [5.41, 5.74) is 1.35. The van der Waals surface area contributed by atoms with E-state index in [1.54, 1.807) is 0 Å². The van der Waals surface area contributed by atoms with Gasteiger partial charge in [0.05, 0.1) is 0 Å². The van der Waals surface area contributed by atoms with Crippen molar-refractivity contribution in [2.45, 2.75) is 33.6 Å². The Kier molecular flexibility index (Phi) is 8.12. The fourth-order valence-electron chi connectivity index (χ4n) is 1.39. The second kappa shape index (κ2) is 8.55.